The standard InChI is InChI=1S/C15H20N4O3/c1-9-7-10(11-12(17-9)19(2)18-14(11)21)13(20)16-8-15(22)5-3-4-6-15/h7,22H,3-6,8H2,1-2H3,(H,16,20)(H,18,21). The fourth-order valence-corrected chi connectivity index (χ4v) is 3.11. The molecule has 0 bridgehead atoms. The molecule has 22 heavy (non-hydrogen) atoms. The minimum Gasteiger partial charge on any atom is -0.388 e. The van der Waals surface area contributed by atoms with E-state index in [4.69, 9.17) is 0 Å². The van der Waals surface area contributed by atoms with E-state index in [2.05, 4.69) is 15.4 Å². The lowest BCUT2D eigenvalue weighted by molar-refractivity contribution is 0.0450. The molecule has 0 unspecified atom stereocenters. The van der Waals surface area contributed by atoms with Gasteiger partial charge in [0.05, 0.1) is 16.6 Å². The molecule has 2 aromatic rings. The van der Waals surface area contributed by atoms with Crippen LogP contribution < -0.4 is 10.9 Å². The molecule has 0 saturated heterocycles. The summed E-state index contributed by atoms with van der Waals surface area (Å²) in [6.07, 6.45) is 3.35. The maximum Gasteiger partial charge on any atom is 0.274 e. The van der Waals surface area contributed by atoms with E-state index in [1.165, 1.54) is 4.68 Å². The molecule has 1 fully saturated rings. The molecule has 0 radical (unpaired) electrons. The van der Waals surface area contributed by atoms with Crippen molar-refractivity contribution in [3.05, 3.63) is 27.7 Å². The Morgan fingerprint density at radius 2 is 2.18 bits per heavy atom. The number of nitrogens with zero attached hydrogens (tertiary/aromatic N) is 2. The van der Waals surface area contributed by atoms with Crippen LogP contribution in [0.4, 0.5) is 0 Å². The predicted molar refractivity (Wildman–Crippen MR) is 81.8 cm³/mol. The maximum absolute atomic E-state index is 12.5. The summed E-state index contributed by atoms with van der Waals surface area (Å²) < 4.78 is 1.51. The number of H-pyrrole nitrogens is 1. The van der Waals surface area contributed by atoms with Gasteiger partial charge in [-0.3, -0.25) is 19.4 Å². The first-order chi connectivity index (χ1) is 10.4. The van der Waals surface area contributed by atoms with E-state index in [1.807, 2.05) is 0 Å². The molecule has 1 saturated carbocycles. The molecule has 3 rings (SSSR count). The summed E-state index contributed by atoms with van der Waals surface area (Å²) in [5.41, 5.74) is 0.252. The zero-order valence-corrected chi connectivity index (χ0v) is 12.8. The van der Waals surface area contributed by atoms with Crippen LogP contribution in [0.15, 0.2) is 10.9 Å². The number of pyridine rings is 1. The number of amides is 1. The number of carbonyl (C=O) groups excluding carboxylic acids is 1. The molecule has 2 aromatic heterocycles. The van der Waals surface area contributed by atoms with E-state index < -0.39 is 5.60 Å². The second-order valence-electron chi connectivity index (χ2n) is 6.12. The van der Waals surface area contributed by atoms with E-state index in [0.29, 0.717) is 29.7 Å². The minimum atomic E-state index is -0.819. The lowest BCUT2D eigenvalue weighted by Gasteiger charge is -2.22. The second-order valence-corrected chi connectivity index (χ2v) is 6.12. The number of aryl methyl sites for hydroxylation is 2. The molecule has 0 aliphatic heterocycles. The number of carbonyl (C=O) groups is 1. The molecule has 0 aromatic carbocycles. The Morgan fingerprint density at radius 1 is 1.50 bits per heavy atom. The maximum atomic E-state index is 12.5. The highest BCUT2D eigenvalue weighted by Gasteiger charge is 2.31. The van der Waals surface area contributed by atoms with E-state index in [-0.39, 0.29) is 23.4 Å². The van der Waals surface area contributed by atoms with Gasteiger partial charge in [-0.2, -0.15) is 0 Å². The number of nitrogens with one attached hydrogen (secondary N) is 2. The zero-order valence-electron chi connectivity index (χ0n) is 12.8. The number of hydrogen-bond donors (Lipinski definition) is 3. The van der Waals surface area contributed by atoms with Crippen molar-refractivity contribution in [1.82, 2.24) is 20.1 Å². The molecule has 0 atom stereocenters. The van der Waals surface area contributed by atoms with Crippen molar-refractivity contribution in [2.24, 2.45) is 7.05 Å². The Morgan fingerprint density at radius 3 is 2.86 bits per heavy atom. The molecule has 7 heteroatoms. The monoisotopic (exact) mass is 304 g/mol. The second kappa shape index (κ2) is 5.24. The van der Waals surface area contributed by atoms with Crippen molar-refractivity contribution in [1.29, 1.82) is 0 Å². The van der Waals surface area contributed by atoms with Gasteiger partial charge in [-0.15, -0.1) is 0 Å². The van der Waals surface area contributed by atoms with Gasteiger partial charge < -0.3 is 10.4 Å². The van der Waals surface area contributed by atoms with Gasteiger partial charge in [0.1, 0.15) is 0 Å². The highest BCUT2D eigenvalue weighted by molar-refractivity contribution is 6.05. The lowest BCUT2D eigenvalue weighted by Crippen LogP contribution is -2.41. The van der Waals surface area contributed by atoms with Crippen molar-refractivity contribution in [2.75, 3.05) is 6.54 Å². The smallest absolute Gasteiger partial charge is 0.274 e. The molecule has 1 aliphatic rings. The summed E-state index contributed by atoms with van der Waals surface area (Å²) in [4.78, 5) is 28.8. The molecule has 0 spiro atoms. The number of aromatic amines is 1. The Kier molecular flexibility index (Phi) is 3.52. The molecule has 7 nitrogen and oxygen atoms in total. The van der Waals surface area contributed by atoms with E-state index in [9.17, 15) is 14.7 Å². The first-order valence-corrected chi connectivity index (χ1v) is 7.47. The van der Waals surface area contributed by atoms with Crippen LogP contribution in [0, 0.1) is 6.92 Å². The number of rotatable bonds is 3. The summed E-state index contributed by atoms with van der Waals surface area (Å²) >= 11 is 0. The van der Waals surface area contributed by atoms with Crippen LogP contribution in [0.5, 0.6) is 0 Å². The Hall–Kier alpha value is -2.15. The normalized spacial score (nSPS) is 17.0. The first-order valence-electron chi connectivity index (χ1n) is 7.47. The van der Waals surface area contributed by atoms with Crippen molar-refractivity contribution in [3.8, 4) is 0 Å². The molecule has 118 valence electrons. The fourth-order valence-electron chi connectivity index (χ4n) is 3.11. The summed E-state index contributed by atoms with van der Waals surface area (Å²) in [6, 6.07) is 1.60. The van der Waals surface area contributed by atoms with Gasteiger partial charge in [0.15, 0.2) is 5.65 Å². The quantitative estimate of drug-likeness (QED) is 0.773. The Balaban J connectivity index is 1.92. The van der Waals surface area contributed by atoms with Crippen LogP contribution in [-0.4, -0.2) is 37.9 Å². The van der Waals surface area contributed by atoms with E-state index >= 15 is 0 Å². The number of aliphatic hydroxyl groups is 1. The third-order valence-corrected chi connectivity index (χ3v) is 4.30. The molecule has 2 heterocycles. The number of fused-ring (bicyclic) bond motifs is 1. The summed E-state index contributed by atoms with van der Waals surface area (Å²) in [5.74, 6) is -0.354. The molecule has 3 N–H and O–H groups in total. The van der Waals surface area contributed by atoms with Crippen LogP contribution in [-0.2, 0) is 7.05 Å². The Labute approximate surface area is 127 Å². The molecule has 1 aliphatic carbocycles. The number of hydrogen-bond acceptors (Lipinski definition) is 4. The minimum absolute atomic E-state index is 0.208. The highest BCUT2D eigenvalue weighted by atomic mass is 16.3. The van der Waals surface area contributed by atoms with Gasteiger partial charge in [-0.1, -0.05) is 12.8 Å². The summed E-state index contributed by atoms with van der Waals surface area (Å²) in [6.45, 7) is 1.98. The molecular formula is C15H20N4O3. The lowest BCUT2D eigenvalue weighted by atomic mass is 10.0. The molecule has 1 amide bonds. The Bertz CT molecular complexity index is 784. The molecular weight excluding hydrogens is 284 g/mol. The topological polar surface area (TPSA) is 100 Å². The summed E-state index contributed by atoms with van der Waals surface area (Å²) in [5, 5.41) is 16.0. The van der Waals surface area contributed by atoms with Gasteiger partial charge in [0.25, 0.3) is 11.5 Å². The first kappa shape index (κ1) is 14.8. The van der Waals surface area contributed by atoms with Crippen LogP contribution >= 0.6 is 0 Å². The average molecular weight is 304 g/mol. The largest absolute Gasteiger partial charge is 0.388 e. The van der Waals surface area contributed by atoms with Crippen LogP contribution in [0.25, 0.3) is 11.0 Å². The van der Waals surface area contributed by atoms with E-state index in [0.717, 1.165) is 12.8 Å². The number of aromatic nitrogens is 3. The van der Waals surface area contributed by atoms with Crippen molar-refractivity contribution < 1.29 is 9.90 Å². The fraction of sp³-hybridized carbons (Fsp3) is 0.533. The van der Waals surface area contributed by atoms with Gasteiger partial charge in [0, 0.05) is 19.3 Å². The van der Waals surface area contributed by atoms with Gasteiger partial charge in [0.2, 0.25) is 0 Å². The van der Waals surface area contributed by atoms with E-state index in [1.54, 1.807) is 20.0 Å². The van der Waals surface area contributed by atoms with Gasteiger partial charge in [-0.05, 0) is 25.8 Å². The van der Waals surface area contributed by atoms with Crippen LogP contribution in [0.2, 0.25) is 0 Å². The van der Waals surface area contributed by atoms with Crippen LogP contribution in [0.3, 0.4) is 0 Å². The summed E-state index contributed by atoms with van der Waals surface area (Å²) in [7, 11) is 1.68. The zero-order chi connectivity index (χ0) is 15.9. The van der Waals surface area contributed by atoms with Crippen LogP contribution in [0.1, 0.15) is 41.7 Å². The van der Waals surface area contributed by atoms with Crippen molar-refractivity contribution in [3.63, 3.8) is 0 Å². The third-order valence-electron chi connectivity index (χ3n) is 4.30. The van der Waals surface area contributed by atoms with Crippen molar-refractivity contribution >= 4 is 16.9 Å². The highest BCUT2D eigenvalue weighted by Crippen LogP contribution is 2.28. The van der Waals surface area contributed by atoms with Crippen molar-refractivity contribution in [2.45, 2.75) is 38.2 Å². The SMILES string of the molecule is Cc1cc(C(=O)NCC2(O)CCCC2)c2c(=O)[nH]n(C)c2n1. The third kappa shape index (κ3) is 2.52. The van der Waals surface area contributed by atoms with Gasteiger partial charge in [-0.25, -0.2) is 4.98 Å². The predicted octanol–water partition coefficient (Wildman–Crippen LogP) is 0.605. The van der Waals surface area contributed by atoms with Gasteiger partial charge >= 0.3 is 0 Å². The average Bonchev–Trinajstić information content (AvgIpc) is 3.01.